The summed E-state index contributed by atoms with van der Waals surface area (Å²) in [7, 11) is 0. The molecule has 0 heterocycles. The lowest BCUT2D eigenvalue weighted by Crippen LogP contribution is -2.52. The standard InChI is InChI=1S/C25H28Cl4N2O2/c1-2-23(25(33)30-18-7-4-3-5-8-18)31(15-16-11-12-17(26)13-22(16)29)24(32)14-19-20(27)9-6-10-21(19)28/h6,9-13,18,23H,2-5,7-8,14-15H2,1H3,(H,30,33)/t23-/m1/s1. The molecule has 0 spiro atoms. The molecule has 178 valence electrons. The number of hydrogen-bond donors (Lipinski definition) is 1. The van der Waals surface area contributed by atoms with Crippen LogP contribution in [0.15, 0.2) is 36.4 Å². The molecule has 0 aromatic heterocycles. The van der Waals surface area contributed by atoms with E-state index in [2.05, 4.69) is 5.32 Å². The number of benzene rings is 2. The Kier molecular flexibility index (Phi) is 9.75. The largest absolute Gasteiger partial charge is 0.352 e. The van der Waals surface area contributed by atoms with Crippen molar-refractivity contribution in [2.24, 2.45) is 0 Å². The number of nitrogens with one attached hydrogen (secondary N) is 1. The van der Waals surface area contributed by atoms with Crippen molar-refractivity contribution in [3.05, 3.63) is 67.6 Å². The Labute approximate surface area is 215 Å². The molecule has 1 aliphatic carbocycles. The van der Waals surface area contributed by atoms with Crippen LogP contribution in [0.4, 0.5) is 0 Å². The molecule has 1 atom stereocenters. The van der Waals surface area contributed by atoms with E-state index in [0.717, 1.165) is 25.7 Å². The third-order valence-corrected chi connectivity index (χ3v) is 7.38. The predicted octanol–water partition coefficient (Wildman–Crippen LogP) is 7.10. The number of carbonyl (C=O) groups excluding carboxylic acids is 2. The average Bonchev–Trinajstić information content (AvgIpc) is 2.78. The second-order valence-corrected chi connectivity index (χ2v) is 10.1. The third-order valence-electron chi connectivity index (χ3n) is 6.08. The van der Waals surface area contributed by atoms with Gasteiger partial charge in [0.15, 0.2) is 0 Å². The SMILES string of the molecule is CC[C@H](C(=O)NC1CCCCC1)N(Cc1ccc(Cl)cc1Cl)C(=O)Cc1c(Cl)cccc1Cl. The van der Waals surface area contributed by atoms with Gasteiger partial charge in [0.25, 0.3) is 0 Å². The molecule has 0 radical (unpaired) electrons. The van der Waals surface area contributed by atoms with E-state index < -0.39 is 6.04 Å². The first-order valence-corrected chi connectivity index (χ1v) is 12.8. The molecule has 2 amide bonds. The van der Waals surface area contributed by atoms with Gasteiger partial charge in [-0.2, -0.15) is 0 Å². The van der Waals surface area contributed by atoms with Gasteiger partial charge in [0.1, 0.15) is 6.04 Å². The summed E-state index contributed by atoms with van der Waals surface area (Å²) >= 11 is 25.1. The van der Waals surface area contributed by atoms with E-state index in [-0.39, 0.29) is 30.8 Å². The summed E-state index contributed by atoms with van der Waals surface area (Å²) in [5.74, 6) is -0.394. The van der Waals surface area contributed by atoms with Crippen molar-refractivity contribution < 1.29 is 9.59 Å². The lowest BCUT2D eigenvalue weighted by Gasteiger charge is -2.33. The Morgan fingerprint density at radius 1 is 1.00 bits per heavy atom. The van der Waals surface area contributed by atoms with Crippen molar-refractivity contribution in [3.63, 3.8) is 0 Å². The summed E-state index contributed by atoms with van der Waals surface area (Å²) in [5, 5.41) is 4.94. The van der Waals surface area contributed by atoms with Crippen molar-refractivity contribution in [3.8, 4) is 0 Å². The van der Waals surface area contributed by atoms with Gasteiger partial charge in [-0.05, 0) is 54.7 Å². The molecule has 0 saturated heterocycles. The van der Waals surface area contributed by atoms with Gasteiger partial charge < -0.3 is 10.2 Å². The minimum atomic E-state index is -0.646. The second kappa shape index (κ2) is 12.3. The summed E-state index contributed by atoms with van der Waals surface area (Å²) < 4.78 is 0. The topological polar surface area (TPSA) is 49.4 Å². The van der Waals surface area contributed by atoms with E-state index in [4.69, 9.17) is 46.4 Å². The molecule has 0 unspecified atom stereocenters. The van der Waals surface area contributed by atoms with Crippen LogP contribution in [-0.2, 0) is 22.6 Å². The van der Waals surface area contributed by atoms with Crippen LogP contribution in [0, 0.1) is 0 Å². The summed E-state index contributed by atoms with van der Waals surface area (Å²) in [6, 6.07) is 9.76. The molecule has 3 rings (SSSR count). The van der Waals surface area contributed by atoms with Crippen molar-refractivity contribution in [2.45, 2.75) is 70.5 Å². The fourth-order valence-corrected chi connectivity index (χ4v) is 5.25. The highest BCUT2D eigenvalue weighted by molar-refractivity contribution is 6.36. The molecule has 0 aliphatic heterocycles. The number of nitrogens with zero attached hydrogens (tertiary/aromatic N) is 1. The maximum absolute atomic E-state index is 13.6. The number of halogens is 4. The van der Waals surface area contributed by atoms with Crippen molar-refractivity contribution in [1.29, 1.82) is 0 Å². The van der Waals surface area contributed by atoms with Crippen LogP contribution in [0.25, 0.3) is 0 Å². The molecule has 1 saturated carbocycles. The van der Waals surface area contributed by atoms with Crippen molar-refractivity contribution >= 4 is 58.2 Å². The van der Waals surface area contributed by atoms with E-state index in [0.29, 0.717) is 37.6 Å². The summed E-state index contributed by atoms with van der Waals surface area (Å²) in [4.78, 5) is 28.4. The normalized spacial score (nSPS) is 15.2. The molecule has 4 nitrogen and oxygen atoms in total. The van der Waals surface area contributed by atoms with Gasteiger partial charge in [0.05, 0.1) is 6.42 Å². The number of amides is 2. The van der Waals surface area contributed by atoms with Gasteiger partial charge in [-0.15, -0.1) is 0 Å². The van der Waals surface area contributed by atoms with Gasteiger partial charge in [-0.1, -0.05) is 84.7 Å². The van der Waals surface area contributed by atoms with Gasteiger partial charge >= 0.3 is 0 Å². The van der Waals surface area contributed by atoms with Crippen molar-refractivity contribution in [1.82, 2.24) is 10.2 Å². The van der Waals surface area contributed by atoms with Crippen LogP contribution in [0.1, 0.15) is 56.6 Å². The van der Waals surface area contributed by atoms with Crippen LogP contribution >= 0.6 is 46.4 Å². The Balaban J connectivity index is 1.88. The number of carbonyl (C=O) groups is 2. The van der Waals surface area contributed by atoms with Crippen LogP contribution in [0.2, 0.25) is 20.1 Å². The summed E-state index contributed by atoms with van der Waals surface area (Å²) in [6.07, 6.45) is 5.79. The molecule has 1 fully saturated rings. The molecule has 0 bridgehead atoms. The van der Waals surface area contributed by atoms with Crippen molar-refractivity contribution in [2.75, 3.05) is 0 Å². The Morgan fingerprint density at radius 2 is 1.67 bits per heavy atom. The lowest BCUT2D eigenvalue weighted by atomic mass is 9.95. The van der Waals surface area contributed by atoms with Gasteiger partial charge in [0.2, 0.25) is 11.8 Å². The van der Waals surface area contributed by atoms with E-state index in [1.807, 2.05) is 6.92 Å². The predicted molar refractivity (Wildman–Crippen MR) is 136 cm³/mol. The minimum Gasteiger partial charge on any atom is -0.352 e. The molecular weight excluding hydrogens is 502 g/mol. The Bertz CT molecular complexity index is 972. The van der Waals surface area contributed by atoms with Crippen LogP contribution in [0.3, 0.4) is 0 Å². The zero-order valence-electron chi connectivity index (χ0n) is 18.6. The number of rotatable bonds is 8. The molecular formula is C25H28Cl4N2O2. The molecule has 1 aliphatic rings. The highest BCUT2D eigenvalue weighted by Gasteiger charge is 2.31. The molecule has 2 aromatic rings. The zero-order valence-corrected chi connectivity index (χ0v) is 21.6. The third kappa shape index (κ3) is 7.02. The maximum atomic E-state index is 13.6. The molecule has 33 heavy (non-hydrogen) atoms. The summed E-state index contributed by atoms with van der Waals surface area (Å²) in [6.45, 7) is 2.07. The fourth-order valence-electron chi connectivity index (χ4n) is 4.25. The highest BCUT2D eigenvalue weighted by Crippen LogP contribution is 2.28. The average molecular weight is 530 g/mol. The van der Waals surface area contributed by atoms with Gasteiger partial charge in [-0.25, -0.2) is 0 Å². The van der Waals surface area contributed by atoms with E-state index in [1.54, 1.807) is 41.3 Å². The fraction of sp³-hybridized carbons (Fsp3) is 0.440. The summed E-state index contributed by atoms with van der Waals surface area (Å²) in [5.41, 5.74) is 1.25. The first-order valence-electron chi connectivity index (χ1n) is 11.3. The Hall–Kier alpha value is -1.46. The molecule has 2 aromatic carbocycles. The lowest BCUT2D eigenvalue weighted by molar-refractivity contribution is -0.141. The highest BCUT2D eigenvalue weighted by atomic mass is 35.5. The van der Waals surface area contributed by atoms with Gasteiger partial charge in [0, 0.05) is 32.7 Å². The zero-order chi connectivity index (χ0) is 24.0. The van der Waals surface area contributed by atoms with Crippen LogP contribution < -0.4 is 5.32 Å². The van der Waals surface area contributed by atoms with E-state index >= 15 is 0 Å². The first kappa shape index (κ1) is 26.2. The van der Waals surface area contributed by atoms with E-state index in [9.17, 15) is 9.59 Å². The molecule has 8 heteroatoms. The minimum absolute atomic E-state index is 0.0169. The quantitative estimate of drug-likeness (QED) is 0.396. The molecule has 1 N–H and O–H groups in total. The second-order valence-electron chi connectivity index (χ2n) is 8.40. The number of hydrogen-bond acceptors (Lipinski definition) is 2. The maximum Gasteiger partial charge on any atom is 0.243 e. The Morgan fingerprint density at radius 3 is 2.27 bits per heavy atom. The van der Waals surface area contributed by atoms with Crippen LogP contribution in [-0.4, -0.2) is 28.8 Å². The smallest absolute Gasteiger partial charge is 0.243 e. The first-order chi connectivity index (χ1) is 15.8. The van der Waals surface area contributed by atoms with Crippen LogP contribution in [0.5, 0.6) is 0 Å². The monoisotopic (exact) mass is 528 g/mol. The van der Waals surface area contributed by atoms with Gasteiger partial charge in [-0.3, -0.25) is 9.59 Å². The van der Waals surface area contributed by atoms with E-state index in [1.165, 1.54) is 6.42 Å².